The van der Waals surface area contributed by atoms with Gasteiger partial charge in [-0.15, -0.1) is 0 Å². The van der Waals surface area contributed by atoms with E-state index in [2.05, 4.69) is 33.5 Å². The molecule has 4 heterocycles. The van der Waals surface area contributed by atoms with E-state index < -0.39 is 0 Å². The normalized spacial score (nSPS) is 23.0. The zero-order chi connectivity index (χ0) is 20.5. The highest BCUT2D eigenvalue weighted by molar-refractivity contribution is 6.36. The monoisotopic (exact) mass is 406 g/mol. The van der Waals surface area contributed by atoms with Crippen molar-refractivity contribution in [2.24, 2.45) is 0 Å². The summed E-state index contributed by atoms with van der Waals surface area (Å²) in [5, 5.41) is 6.37. The van der Waals surface area contributed by atoms with Crippen LogP contribution in [0.25, 0.3) is 11.3 Å². The van der Waals surface area contributed by atoms with Gasteiger partial charge in [-0.1, -0.05) is 25.1 Å². The van der Waals surface area contributed by atoms with Gasteiger partial charge >= 0.3 is 0 Å². The number of ether oxygens (including phenoxy) is 2. The molecule has 7 nitrogen and oxygen atoms in total. The number of nitrogens with one attached hydrogen (secondary N) is 2. The first-order valence-corrected chi connectivity index (χ1v) is 10.6. The van der Waals surface area contributed by atoms with Gasteiger partial charge in [0.2, 0.25) is 0 Å². The van der Waals surface area contributed by atoms with Crippen LogP contribution in [0.15, 0.2) is 36.5 Å². The molecule has 1 aromatic carbocycles. The van der Waals surface area contributed by atoms with E-state index in [9.17, 15) is 4.79 Å². The number of carbonyl (C=O) groups excluding carboxylic acids is 1. The van der Waals surface area contributed by atoms with Crippen molar-refractivity contribution in [1.82, 2.24) is 9.88 Å². The molecule has 0 saturated carbocycles. The van der Waals surface area contributed by atoms with Crippen molar-refractivity contribution < 1.29 is 14.3 Å². The van der Waals surface area contributed by atoms with Gasteiger partial charge in [0.25, 0.3) is 5.91 Å². The number of hydrogen-bond acceptors (Lipinski definition) is 6. The summed E-state index contributed by atoms with van der Waals surface area (Å²) in [6, 6.07) is 9.78. The van der Waals surface area contributed by atoms with Crippen molar-refractivity contribution >= 4 is 28.7 Å². The minimum absolute atomic E-state index is 0.0779. The van der Waals surface area contributed by atoms with Crippen molar-refractivity contribution in [3.8, 4) is 0 Å². The number of nitrogens with zero attached hydrogens (tertiary/aromatic N) is 2. The molecule has 1 atom stereocenters. The standard InChI is InChI=1S/C23H26N4O3/c1-2-19-16-13-20(24-7-8-27-9-11-29-12-10-27)25-14-17(16)22(30-19)21-15-5-3-4-6-18(15)26-23(21)28/h3-6,13-14,19H,2,7-12H2,1H3,(H,24,25)(H,26,28)/b22-21+. The third-order valence-corrected chi connectivity index (χ3v) is 5.89. The van der Waals surface area contributed by atoms with Crippen LogP contribution < -0.4 is 10.6 Å². The summed E-state index contributed by atoms with van der Waals surface area (Å²) in [7, 11) is 0. The molecule has 2 N–H and O–H groups in total. The number of carbonyl (C=O) groups is 1. The van der Waals surface area contributed by atoms with Crippen LogP contribution in [0.1, 0.15) is 36.1 Å². The van der Waals surface area contributed by atoms with Crippen molar-refractivity contribution in [3.63, 3.8) is 0 Å². The summed E-state index contributed by atoms with van der Waals surface area (Å²) in [6.07, 6.45) is 2.58. The fourth-order valence-electron chi connectivity index (χ4n) is 4.30. The van der Waals surface area contributed by atoms with Crippen LogP contribution in [0, 0.1) is 0 Å². The van der Waals surface area contributed by atoms with Crippen LogP contribution in [0.4, 0.5) is 11.5 Å². The zero-order valence-electron chi connectivity index (χ0n) is 17.1. The number of rotatable bonds is 5. The molecular weight excluding hydrogens is 380 g/mol. The van der Waals surface area contributed by atoms with Gasteiger partial charge in [-0.3, -0.25) is 9.69 Å². The Balaban J connectivity index is 1.40. The average molecular weight is 406 g/mol. The molecule has 0 radical (unpaired) electrons. The first-order valence-electron chi connectivity index (χ1n) is 10.6. The minimum atomic E-state index is -0.124. The first-order chi connectivity index (χ1) is 14.7. The van der Waals surface area contributed by atoms with E-state index in [0.29, 0.717) is 11.3 Å². The van der Waals surface area contributed by atoms with E-state index in [1.54, 1.807) is 0 Å². The third kappa shape index (κ3) is 3.44. The Labute approximate surface area is 176 Å². The van der Waals surface area contributed by atoms with Crippen molar-refractivity contribution in [3.05, 3.63) is 53.2 Å². The molecule has 3 aliphatic heterocycles. The van der Waals surface area contributed by atoms with Crippen LogP contribution in [0.2, 0.25) is 0 Å². The zero-order valence-corrected chi connectivity index (χ0v) is 17.1. The Bertz CT molecular complexity index is 998. The van der Waals surface area contributed by atoms with Gasteiger partial charge in [0, 0.05) is 54.8 Å². The highest BCUT2D eigenvalue weighted by atomic mass is 16.5. The lowest BCUT2D eigenvalue weighted by molar-refractivity contribution is -0.110. The molecule has 7 heteroatoms. The number of anilines is 2. The molecular formula is C23H26N4O3. The highest BCUT2D eigenvalue weighted by Crippen LogP contribution is 2.46. The Kier molecular flexibility index (Phi) is 5.14. The van der Waals surface area contributed by atoms with Crippen LogP contribution in [0.5, 0.6) is 0 Å². The van der Waals surface area contributed by atoms with Gasteiger partial charge in [-0.25, -0.2) is 4.98 Å². The Morgan fingerprint density at radius 2 is 2.07 bits per heavy atom. The molecule has 0 spiro atoms. The minimum Gasteiger partial charge on any atom is -0.484 e. The maximum atomic E-state index is 12.7. The molecule has 2 aromatic rings. The first kappa shape index (κ1) is 19.1. The summed E-state index contributed by atoms with van der Waals surface area (Å²) in [5.41, 5.74) is 4.29. The molecule has 5 rings (SSSR count). The number of amides is 1. The topological polar surface area (TPSA) is 75.7 Å². The average Bonchev–Trinajstić information content (AvgIpc) is 3.30. The number of aromatic nitrogens is 1. The van der Waals surface area contributed by atoms with E-state index >= 15 is 0 Å². The van der Waals surface area contributed by atoms with E-state index in [4.69, 9.17) is 9.47 Å². The molecule has 1 saturated heterocycles. The second-order valence-electron chi connectivity index (χ2n) is 7.76. The van der Waals surface area contributed by atoms with E-state index in [0.717, 1.165) is 74.0 Å². The number of benzene rings is 1. The van der Waals surface area contributed by atoms with Crippen LogP contribution in [-0.2, 0) is 14.3 Å². The Hall–Kier alpha value is -2.90. The third-order valence-electron chi connectivity index (χ3n) is 5.89. The predicted molar refractivity (Wildman–Crippen MR) is 116 cm³/mol. The molecule has 1 fully saturated rings. The number of morpholine rings is 1. The van der Waals surface area contributed by atoms with Gasteiger partial charge in [0.05, 0.1) is 18.8 Å². The number of fused-ring (bicyclic) bond motifs is 2. The lowest BCUT2D eigenvalue weighted by atomic mass is 10.00. The van der Waals surface area contributed by atoms with E-state index in [1.165, 1.54) is 0 Å². The summed E-state index contributed by atoms with van der Waals surface area (Å²) < 4.78 is 11.7. The summed E-state index contributed by atoms with van der Waals surface area (Å²) in [4.78, 5) is 19.7. The van der Waals surface area contributed by atoms with Gasteiger partial charge in [-0.05, 0) is 18.6 Å². The number of hydrogen-bond donors (Lipinski definition) is 2. The Morgan fingerprint density at radius 1 is 1.23 bits per heavy atom. The molecule has 0 bridgehead atoms. The molecule has 156 valence electrons. The fraction of sp³-hybridized carbons (Fsp3) is 0.391. The summed E-state index contributed by atoms with van der Waals surface area (Å²) >= 11 is 0. The highest BCUT2D eigenvalue weighted by Gasteiger charge is 2.36. The lowest BCUT2D eigenvalue weighted by Gasteiger charge is -2.26. The molecule has 0 aliphatic carbocycles. The van der Waals surface area contributed by atoms with Crippen molar-refractivity contribution in [2.75, 3.05) is 50.0 Å². The lowest BCUT2D eigenvalue weighted by Crippen LogP contribution is -2.39. The summed E-state index contributed by atoms with van der Waals surface area (Å²) in [5.74, 6) is 1.35. The fourth-order valence-corrected chi connectivity index (χ4v) is 4.30. The van der Waals surface area contributed by atoms with Crippen LogP contribution in [-0.4, -0.2) is 55.2 Å². The molecule has 1 aromatic heterocycles. The maximum absolute atomic E-state index is 12.7. The van der Waals surface area contributed by atoms with Crippen molar-refractivity contribution in [1.29, 1.82) is 0 Å². The van der Waals surface area contributed by atoms with Crippen LogP contribution in [0.3, 0.4) is 0 Å². The van der Waals surface area contributed by atoms with Crippen LogP contribution >= 0.6 is 0 Å². The molecule has 1 unspecified atom stereocenters. The quantitative estimate of drug-likeness (QED) is 0.743. The SMILES string of the molecule is CCC1O/C(=C2/C(=O)Nc3ccccc32)c2cnc(NCCN3CCOCC3)cc21. The molecule has 1 amide bonds. The van der Waals surface area contributed by atoms with E-state index in [1.807, 2.05) is 30.5 Å². The van der Waals surface area contributed by atoms with Crippen molar-refractivity contribution in [2.45, 2.75) is 19.4 Å². The van der Waals surface area contributed by atoms with Gasteiger partial charge in [-0.2, -0.15) is 0 Å². The Morgan fingerprint density at radius 3 is 2.90 bits per heavy atom. The second kappa shape index (κ2) is 8.08. The number of para-hydroxylation sites is 1. The predicted octanol–water partition coefficient (Wildman–Crippen LogP) is 3.13. The van der Waals surface area contributed by atoms with E-state index in [-0.39, 0.29) is 12.0 Å². The molecule has 3 aliphatic rings. The summed E-state index contributed by atoms with van der Waals surface area (Å²) in [6.45, 7) is 7.45. The second-order valence-corrected chi connectivity index (χ2v) is 7.76. The van der Waals surface area contributed by atoms with Gasteiger partial charge < -0.3 is 20.1 Å². The number of pyridine rings is 1. The largest absolute Gasteiger partial charge is 0.484 e. The smallest absolute Gasteiger partial charge is 0.260 e. The van der Waals surface area contributed by atoms with Gasteiger partial charge in [0.15, 0.2) is 0 Å². The maximum Gasteiger partial charge on any atom is 0.260 e. The van der Waals surface area contributed by atoms with Gasteiger partial charge in [0.1, 0.15) is 17.7 Å². The molecule has 30 heavy (non-hydrogen) atoms.